The monoisotopic (exact) mass is 408 g/mol. The molecular weight excluding hydrogens is 384 g/mol. The van der Waals surface area contributed by atoms with Crippen LogP contribution in [0.4, 0.5) is 5.82 Å². The van der Waals surface area contributed by atoms with Crippen LogP contribution in [0.2, 0.25) is 0 Å². The lowest BCUT2D eigenvalue weighted by Gasteiger charge is -2.33. The van der Waals surface area contributed by atoms with Crippen molar-refractivity contribution < 1.29 is 0 Å². The van der Waals surface area contributed by atoms with Gasteiger partial charge in [-0.2, -0.15) is 10.2 Å². The van der Waals surface area contributed by atoms with E-state index >= 15 is 0 Å². The van der Waals surface area contributed by atoms with Gasteiger partial charge in [0, 0.05) is 36.6 Å². The lowest BCUT2D eigenvalue weighted by Crippen LogP contribution is -2.44. The van der Waals surface area contributed by atoms with Crippen molar-refractivity contribution in [1.29, 1.82) is 0 Å². The zero-order valence-electron chi connectivity index (χ0n) is 17.2. The molecule has 6 nitrogen and oxygen atoms in total. The molecule has 31 heavy (non-hydrogen) atoms. The van der Waals surface area contributed by atoms with Crippen LogP contribution in [0.1, 0.15) is 5.56 Å². The number of hydrogen-bond acceptors (Lipinski definition) is 5. The molecule has 4 aromatic rings. The maximum atomic E-state index is 4.86. The van der Waals surface area contributed by atoms with Crippen LogP contribution in [0.5, 0.6) is 0 Å². The molecular formula is C25H24N6. The number of hydrogen-bond donors (Lipinski definition) is 0. The lowest BCUT2D eigenvalue weighted by molar-refractivity contribution is 0.271. The number of nitrogens with zero attached hydrogens (tertiary/aromatic N) is 6. The van der Waals surface area contributed by atoms with Gasteiger partial charge in [0.15, 0.2) is 0 Å². The summed E-state index contributed by atoms with van der Waals surface area (Å²) in [5.41, 5.74) is 4.05. The first-order chi connectivity index (χ1) is 15.4. The van der Waals surface area contributed by atoms with Crippen molar-refractivity contribution in [3.8, 4) is 16.9 Å². The van der Waals surface area contributed by atoms with Gasteiger partial charge in [0.2, 0.25) is 0 Å². The van der Waals surface area contributed by atoms with Crippen molar-refractivity contribution in [3.63, 3.8) is 0 Å². The third kappa shape index (κ3) is 4.33. The highest BCUT2D eigenvalue weighted by Gasteiger charge is 2.17. The Morgan fingerprint density at radius 2 is 1.48 bits per heavy atom. The third-order valence-electron chi connectivity index (χ3n) is 5.40. The first kappa shape index (κ1) is 19.1. The van der Waals surface area contributed by atoms with Gasteiger partial charge in [0.25, 0.3) is 0 Å². The molecule has 0 bridgehead atoms. The zero-order chi connectivity index (χ0) is 20.9. The number of rotatable bonds is 5. The maximum Gasteiger partial charge on any atom is 0.128 e. The van der Waals surface area contributed by atoms with E-state index in [1.165, 1.54) is 0 Å². The number of anilines is 1. The standard InChI is InChI=1S/C25H24N6/c1-3-9-21(10-4-1)25-22(20-31(28-25)23-11-5-2-6-12-23)19-27-30-17-15-29(16-18-30)24-13-7-8-14-26-24/h1-14,19-20H,15-18H2/b27-19+. The molecule has 1 saturated heterocycles. The van der Waals surface area contributed by atoms with Gasteiger partial charge in [-0.3, -0.25) is 5.01 Å². The van der Waals surface area contributed by atoms with E-state index in [1.807, 2.05) is 71.8 Å². The van der Waals surface area contributed by atoms with Gasteiger partial charge in [-0.15, -0.1) is 0 Å². The molecule has 0 atom stereocenters. The van der Waals surface area contributed by atoms with Crippen LogP contribution in [-0.4, -0.2) is 52.2 Å². The lowest BCUT2D eigenvalue weighted by atomic mass is 10.1. The average Bonchev–Trinajstić information content (AvgIpc) is 3.29. The quantitative estimate of drug-likeness (QED) is 0.467. The highest BCUT2D eigenvalue weighted by molar-refractivity contribution is 5.88. The van der Waals surface area contributed by atoms with Gasteiger partial charge in [-0.25, -0.2) is 9.67 Å². The summed E-state index contributed by atoms with van der Waals surface area (Å²) >= 11 is 0. The second-order valence-electron chi connectivity index (χ2n) is 7.45. The molecule has 0 amide bonds. The highest BCUT2D eigenvalue weighted by Crippen LogP contribution is 2.22. The Kier molecular flexibility index (Phi) is 5.43. The number of pyridine rings is 1. The summed E-state index contributed by atoms with van der Waals surface area (Å²) in [4.78, 5) is 6.76. The Morgan fingerprint density at radius 1 is 0.774 bits per heavy atom. The molecule has 2 aromatic carbocycles. The second kappa shape index (κ2) is 8.83. The van der Waals surface area contributed by atoms with Crippen molar-refractivity contribution >= 4 is 12.0 Å². The molecule has 2 aromatic heterocycles. The maximum absolute atomic E-state index is 4.86. The van der Waals surface area contributed by atoms with Crippen molar-refractivity contribution in [1.82, 2.24) is 19.8 Å². The van der Waals surface area contributed by atoms with Crippen LogP contribution < -0.4 is 4.90 Å². The van der Waals surface area contributed by atoms with Gasteiger partial charge < -0.3 is 4.90 Å². The number of aromatic nitrogens is 3. The van der Waals surface area contributed by atoms with E-state index in [-0.39, 0.29) is 0 Å². The van der Waals surface area contributed by atoms with Crippen molar-refractivity contribution in [2.45, 2.75) is 0 Å². The zero-order valence-corrected chi connectivity index (χ0v) is 17.2. The molecule has 0 saturated carbocycles. The summed E-state index contributed by atoms with van der Waals surface area (Å²) in [5.74, 6) is 1.03. The van der Waals surface area contributed by atoms with Crippen molar-refractivity contribution in [2.24, 2.45) is 5.10 Å². The molecule has 0 radical (unpaired) electrons. The minimum atomic E-state index is 0.862. The predicted octanol–water partition coefficient (Wildman–Crippen LogP) is 4.09. The summed E-state index contributed by atoms with van der Waals surface area (Å²) < 4.78 is 1.92. The molecule has 1 fully saturated rings. The molecule has 1 aliphatic rings. The topological polar surface area (TPSA) is 49.5 Å². The Labute approximate surface area is 182 Å². The Morgan fingerprint density at radius 3 is 2.19 bits per heavy atom. The fourth-order valence-electron chi connectivity index (χ4n) is 3.74. The smallest absolute Gasteiger partial charge is 0.128 e. The van der Waals surface area contributed by atoms with Crippen molar-refractivity contribution in [3.05, 3.63) is 96.8 Å². The van der Waals surface area contributed by atoms with E-state index in [1.54, 1.807) is 0 Å². The Hall–Kier alpha value is -3.93. The normalized spacial score (nSPS) is 14.3. The molecule has 0 unspecified atom stereocenters. The van der Waals surface area contributed by atoms with E-state index < -0.39 is 0 Å². The number of para-hydroxylation sites is 1. The Bertz CT molecular complexity index is 1130. The minimum absolute atomic E-state index is 0.862. The van der Waals surface area contributed by atoms with Gasteiger partial charge in [-0.05, 0) is 24.3 Å². The van der Waals surface area contributed by atoms with E-state index in [0.717, 1.165) is 54.5 Å². The summed E-state index contributed by atoms with van der Waals surface area (Å²) in [6.07, 6.45) is 5.83. The number of hydrazone groups is 1. The molecule has 0 N–H and O–H groups in total. The summed E-state index contributed by atoms with van der Waals surface area (Å²) in [7, 11) is 0. The molecule has 0 spiro atoms. The third-order valence-corrected chi connectivity index (χ3v) is 5.40. The average molecular weight is 409 g/mol. The number of piperazine rings is 1. The molecule has 6 heteroatoms. The first-order valence-electron chi connectivity index (χ1n) is 10.5. The van der Waals surface area contributed by atoms with Crippen LogP contribution in [0.25, 0.3) is 16.9 Å². The van der Waals surface area contributed by atoms with E-state index in [2.05, 4.69) is 45.2 Å². The minimum Gasteiger partial charge on any atom is -0.353 e. The SMILES string of the molecule is C(=N\N1CCN(c2ccccn2)CC1)/c1cn(-c2ccccc2)nc1-c1ccccc1. The fraction of sp³-hybridized carbons (Fsp3) is 0.160. The molecule has 154 valence electrons. The predicted molar refractivity (Wildman–Crippen MR) is 125 cm³/mol. The second-order valence-corrected chi connectivity index (χ2v) is 7.45. The van der Waals surface area contributed by atoms with Crippen LogP contribution >= 0.6 is 0 Å². The van der Waals surface area contributed by atoms with Gasteiger partial charge in [-0.1, -0.05) is 54.6 Å². The molecule has 5 rings (SSSR count). The molecule has 0 aliphatic carbocycles. The van der Waals surface area contributed by atoms with E-state index in [0.29, 0.717) is 0 Å². The molecule has 1 aliphatic heterocycles. The van der Waals surface area contributed by atoms with Crippen LogP contribution in [0.3, 0.4) is 0 Å². The first-order valence-corrected chi connectivity index (χ1v) is 10.5. The van der Waals surface area contributed by atoms with E-state index in [9.17, 15) is 0 Å². The highest BCUT2D eigenvalue weighted by atomic mass is 15.5. The van der Waals surface area contributed by atoms with Crippen LogP contribution in [-0.2, 0) is 0 Å². The van der Waals surface area contributed by atoms with Crippen LogP contribution in [0, 0.1) is 0 Å². The molecule has 3 heterocycles. The Balaban J connectivity index is 1.36. The summed E-state index contributed by atoms with van der Waals surface area (Å²) in [6, 6.07) is 26.5. The largest absolute Gasteiger partial charge is 0.353 e. The van der Waals surface area contributed by atoms with Crippen LogP contribution in [0.15, 0.2) is 96.4 Å². The summed E-state index contributed by atoms with van der Waals surface area (Å²) in [6.45, 7) is 3.54. The van der Waals surface area contributed by atoms with Gasteiger partial charge in [0.05, 0.1) is 25.0 Å². The van der Waals surface area contributed by atoms with Gasteiger partial charge in [0.1, 0.15) is 11.5 Å². The van der Waals surface area contributed by atoms with Gasteiger partial charge >= 0.3 is 0 Å². The van der Waals surface area contributed by atoms with E-state index in [4.69, 9.17) is 10.2 Å². The van der Waals surface area contributed by atoms with Crippen molar-refractivity contribution in [2.75, 3.05) is 31.1 Å². The fourth-order valence-corrected chi connectivity index (χ4v) is 3.74. The summed E-state index contributed by atoms with van der Waals surface area (Å²) in [5, 5.41) is 11.8. The number of benzene rings is 2.